The van der Waals surface area contributed by atoms with Gasteiger partial charge in [-0.2, -0.15) is 0 Å². The Morgan fingerprint density at radius 2 is 1.82 bits per heavy atom. The molecule has 2 amide bonds. The van der Waals surface area contributed by atoms with Gasteiger partial charge in [0.2, 0.25) is 5.91 Å². The van der Waals surface area contributed by atoms with Crippen molar-refractivity contribution >= 4 is 23.2 Å². The first kappa shape index (κ1) is 12.8. The zero-order valence-electron chi connectivity index (χ0n) is 9.78. The van der Waals surface area contributed by atoms with Crippen molar-refractivity contribution in [1.29, 1.82) is 0 Å². The van der Waals surface area contributed by atoms with Crippen LogP contribution in [0.4, 0.5) is 11.4 Å². The fraction of sp³-hybridized carbons (Fsp3) is 0.273. The Labute approximate surface area is 99.1 Å². The SMILES string of the molecule is CC(C)(NC(=O)c1ccc(N)cc1N)C(N)=O. The molecule has 0 heterocycles. The summed E-state index contributed by atoms with van der Waals surface area (Å²) >= 11 is 0. The second-order valence-corrected chi connectivity index (χ2v) is 4.29. The Bertz CT molecular complexity index is 469. The predicted molar refractivity (Wildman–Crippen MR) is 66.0 cm³/mol. The van der Waals surface area contributed by atoms with Crippen LogP contribution in [0.3, 0.4) is 0 Å². The lowest BCUT2D eigenvalue weighted by Gasteiger charge is -2.22. The summed E-state index contributed by atoms with van der Waals surface area (Å²) in [5, 5.41) is 2.50. The van der Waals surface area contributed by atoms with E-state index in [1.165, 1.54) is 26.0 Å². The average Bonchev–Trinajstić information content (AvgIpc) is 2.15. The Hall–Kier alpha value is -2.24. The Balaban J connectivity index is 2.95. The first-order chi connectivity index (χ1) is 7.74. The lowest BCUT2D eigenvalue weighted by Crippen LogP contribution is -2.53. The van der Waals surface area contributed by atoms with Gasteiger partial charge >= 0.3 is 0 Å². The van der Waals surface area contributed by atoms with Gasteiger partial charge in [0, 0.05) is 11.4 Å². The number of primary amides is 1. The molecule has 0 radical (unpaired) electrons. The van der Waals surface area contributed by atoms with E-state index in [4.69, 9.17) is 17.2 Å². The average molecular weight is 236 g/mol. The molecule has 0 atom stereocenters. The van der Waals surface area contributed by atoms with Crippen LogP contribution in [0.1, 0.15) is 24.2 Å². The van der Waals surface area contributed by atoms with E-state index < -0.39 is 17.4 Å². The summed E-state index contributed by atoms with van der Waals surface area (Å²) in [4.78, 5) is 22.9. The summed E-state index contributed by atoms with van der Waals surface area (Å²) in [6.45, 7) is 3.03. The zero-order valence-corrected chi connectivity index (χ0v) is 9.78. The Morgan fingerprint density at radius 3 is 2.29 bits per heavy atom. The first-order valence-corrected chi connectivity index (χ1v) is 5.01. The number of carbonyl (C=O) groups is 2. The first-order valence-electron chi connectivity index (χ1n) is 5.01. The van der Waals surface area contributed by atoms with Gasteiger partial charge in [0.05, 0.1) is 5.56 Å². The van der Waals surface area contributed by atoms with Crippen molar-refractivity contribution < 1.29 is 9.59 Å². The molecule has 1 aromatic rings. The van der Waals surface area contributed by atoms with Crippen molar-refractivity contribution in [3.05, 3.63) is 23.8 Å². The highest BCUT2D eigenvalue weighted by atomic mass is 16.2. The Kier molecular flexibility index (Phi) is 3.26. The summed E-state index contributed by atoms with van der Waals surface area (Å²) in [5.74, 6) is -1.09. The number of benzene rings is 1. The van der Waals surface area contributed by atoms with Gasteiger partial charge in [0.15, 0.2) is 0 Å². The molecule has 0 unspecified atom stereocenters. The van der Waals surface area contributed by atoms with Crippen molar-refractivity contribution in [2.75, 3.05) is 11.5 Å². The topological polar surface area (TPSA) is 124 Å². The van der Waals surface area contributed by atoms with Crippen LogP contribution < -0.4 is 22.5 Å². The summed E-state index contributed by atoms with van der Waals surface area (Å²) in [7, 11) is 0. The standard InChI is InChI=1S/C11H16N4O2/c1-11(2,10(14)17)15-9(16)7-4-3-6(12)5-8(7)13/h3-5H,12-13H2,1-2H3,(H2,14,17)(H,15,16). The van der Waals surface area contributed by atoms with Crippen molar-refractivity contribution in [2.45, 2.75) is 19.4 Å². The van der Waals surface area contributed by atoms with Gasteiger partial charge in [-0.05, 0) is 32.0 Å². The van der Waals surface area contributed by atoms with E-state index in [1.54, 1.807) is 6.07 Å². The molecule has 0 aromatic heterocycles. The van der Waals surface area contributed by atoms with Gasteiger partial charge in [-0.15, -0.1) is 0 Å². The van der Waals surface area contributed by atoms with Crippen molar-refractivity contribution in [2.24, 2.45) is 5.73 Å². The highest BCUT2D eigenvalue weighted by molar-refractivity contribution is 6.02. The van der Waals surface area contributed by atoms with Gasteiger partial charge in [-0.1, -0.05) is 0 Å². The van der Waals surface area contributed by atoms with E-state index in [0.29, 0.717) is 5.69 Å². The van der Waals surface area contributed by atoms with Crippen molar-refractivity contribution in [1.82, 2.24) is 5.32 Å². The van der Waals surface area contributed by atoms with Crippen LogP contribution in [-0.4, -0.2) is 17.4 Å². The maximum atomic E-state index is 11.9. The number of nitrogens with two attached hydrogens (primary N) is 3. The molecule has 6 heteroatoms. The van der Waals surface area contributed by atoms with Gasteiger partial charge in [-0.3, -0.25) is 9.59 Å². The number of carbonyl (C=O) groups excluding carboxylic acids is 2. The number of rotatable bonds is 3. The second-order valence-electron chi connectivity index (χ2n) is 4.29. The highest BCUT2D eigenvalue weighted by Gasteiger charge is 2.27. The van der Waals surface area contributed by atoms with E-state index in [-0.39, 0.29) is 11.3 Å². The predicted octanol–water partition coefficient (Wildman–Crippen LogP) is -0.155. The van der Waals surface area contributed by atoms with Crippen LogP contribution in [0.5, 0.6) is 0 Å². The number of hydrogen-bond acceptors (Lipinski definition) is 4. The largest absolute Gasteiger partial charge is 0.399 e. The van der Waals surface area contributed by atoms with Crippen molar-refractivity contribution in [3.8, 4) is 0 Å². The van der Waals surface area contributed by atoms with E-state index in [0.717, 1.165) is 0 Å². The quantitative estimate of drug-likeness (QED) is 0.544. The second kappa shape index (κ2) is 4.32. The number of nitrogens with one attached hydrogen (secondary N) is 1. The maximum Gasteiger partial charge on any atom is 0.254 e. The molecule has 6 nitrogen and oxygen atoms in total. The van der Waals surface area contributed by atoms with Gasteiger partial charge in [-0.25, -0.2) is 0 Å². The third-order valence-corrected chi connectivity index (χ3v) is 2.36. The molecule has 0 fully saturated rings. The minimum absolute atomic E-state index is 0.253. The van der Waals surface area contributed by atoms with E-state index in [2.05, 4.69) is 5.32 Å². The molecule has 7 N–H and O–H groups in total. The summed E-state index contributed by atoms with van der Waals surface area (Å²) in [5.41, 5.74) is 16.2. The summed E-state index contributed by atoms with van der Waals surface area (Å²) in [6.07, 6.45) is 0. The molecule has 1 rings (SSSR count). The fourth-order valence-corrected chi connectivity index (χ4v) is 1.20. The molecule has 0 spiro atoms. The zero-order chi connectivity index (χ0) is 13.2. The molecule has 1 aromatic carbocycles. The fourth-order valence-electron chi connectivity index (χ4n) is 1.20. The molecule has 92 valence electrons. The van der Waals surface area contributed by atoms with Crippen LogP contribution in [0.2, 0.25) is 0 Å². The molecule has 0 bridgehead atoms. The lowest BCUT2D eigenvalue weighted by atomic mass is 10.0. The molecule has 0 aliphatic carbocycles. The maximum absolute atomic E-state index is 11.9. The van der Waals surface area contributed by atoms with Crippen LogP contribution >= 0.6 is 0 Å². The molecule has 0 aliphatic rings. The summed E-state index contributed by atoms with van der Waals surface area (Å²) < 4.78 is 0. The van der Waals surface area contributed by atoms with Crippen LogP contribution in [0.25, 0.3) is 0 Å². The summed E-state index contributed by atoms with van der Waals surface area (Å²) in [6, 6.07) is 4.53. The van der Waals surface area contributed by atoms with Crippen LogP contribution in [0, 0.1) is 0 Å². The van der Waals surface area contributed by atoms with E-state index in [9.17, 15) is 9.59 Å². The minimum atomic E-state index is -1.13. The monoisotopic (exact) mass is 236 g/mol. The number of nitrogen functional groups attached to an aromatic ring is 2. The van der Waals surface area contributed by atoms with Crippen LogP contribution in [0.15, 0.2) is 18.2 Å². The molecule has 17 heavy (non-hydrogen) atoms. The number of amides is 2. The highest BCUT2D eigenvalue weighted by Crippen LogP contribution is 2.16. The number of hydrogen-bond donors (Lipinski definition) is 4. The van der Waals surface area contributed by atoms with E-state index >= 15 is 0 Å². The van der Waals surface area contributed by atoms with Gasteiger partial charge < -0.3 is 22.5 Å². The number of anilines is 2. The third kappa shape index (κ3) is 2.87. The molecular formula is C11H16N4O2. The van der Waals surface area contributed by atoms with Gasteiger partial charge in [0.25, 0.3) is 5.91 Å². The molecule has 0 aliphatic heterocycles. The Morgan fingerprint density at radius 1 is 1.24 bits per heavy atom. The minimum Gasteiger partial charge on any atom is -0.399 e. The van der Waals surface area contributed by atoms with Gasteiger partial charge in [0.1, 0.15) is 5.54 Å². The van der Waals surface area contributed by atoms with Crippen molar-refractivity contribution in [3.63, 3.8) is 0 Å². The molecular weight excluding hydrogens is 220 g/mol. The normalized spacial score (nSPS) is 10.9. The van der Waals surface area contributed by atoms with Crippen LogP contribution in [-0.2, 0) is 4.79 Å². The van der Waals surface area contributed by atoms with E-state index in [1.807, 2.05) is 0 Å². The smallest absolute Gasteiger partial charge is 0.254 e. The third-order valence-electron chi connectivity index (χ3n) is 2.36. The lowest BCUT2D eigenvalue weighted by molar-refractivity contribution is -0.122. The molecule has 0 saturated heterocycles. The molecule has 0 saturated carbocycles.